The van der Waals surface area contributed by atoms with Crippen molar-refractivity contribution in [3.05, 3.63) is 27.9 Å². The van der Waals surface area contributed by atoms with Gasteiger partial charge in [0.2, 0.25) is 0 Å². The van der Waals surface area contributed by atoms with Gasteiger partial charge in [0.05, 0.1) is 10.5 Å². The SMILES string of the molecule is CN(C)CC(C)(C)CNC(=O)c1cc([N+](=O)[O-])cnc1N. The molecule has 0 unspecified atom stereocenters. The Kier molecular flexibility index (Phi) is 5.20. The molecule has 0 fully saturated rings. The number of aromatic nitrogens is 1. The number of carbonyl (C=O) groups is 1. The third-order valence-electron chi connectivity index (χ3n) is 2.83. The van der Waals surface area contributed by atoms with Crippen LogP contribution in [0.5, 0.6) is 0 Å². The van der Waals surface area contributed by atoms with E-state index in [0.29, 0.717) is 6.54 Å². The van der Waals surface area contributed by atoms with Crippen molar-refractivity contribution >= 4 is 17.4 Å². The topological polar surface area (TPSA) is 114 Å². The summed E-state index contributed by atoms with van der Waals surface area (Å²) in [4.78, 5) is 27.9. The molecule has 0 atom stereocenters. The van der Waals surface area contributed by atoms with E-state index < -0.39 is 10.8 Å². The van der Waals surface area contributed by atoms with Gasteiger partial charge in [-0.05, 0) is 19.5 Å². The van der Waals surface area contributed by atoms with Crippen molar-refractivity contribution in [2.45, 2.75) is 13.8 Å². The van der Waals surface area contributed by atoms with E-state index in [2.05, 4.69) is 10.3 Å². The normalized spacial score (nSPS) is 11.5. The molecule has 8 nitrogen and oxygen atoms in total. The average Bonchev–Trinajstić information content (AvgIpc) is 2.34. The first-order valence-electron chi connectivity index (χ1n) is 6.45. The Hall–Kier alpha value is -2.22. The summed E-state index contributed by atoms with van der Waals surface area (Å²) in [5, 5.41) is 13.5. The molecule has 3 N–H and O–H groups in total. The van der Waals surface area contributed by atoms with Crippen LogP contribution in [0.4, 0.5) is 11.5 Å². The van der Waals surface area contributed by atoms with E-state index in [1.54, 1.807) is 0 Å². The number of anilines is 1. The number of hydrogen-bond acceptors (Lipinski definition) is 6. The summed E-state index contributed by atoms with van der Waals surface area (Å²) >= 11 is 0. The Morgan fingerprint density at radius 3 is 2.67 bits per heavy atom. The molecule has 0 aromatic carbocycles. The van der Waals surface area contributed by atoms with Crippen LogP contribution in [-0.4, -0.2) is 47.9 Å². The molecular weight excluding hydrogens is 274 g/mol. The maximum Gasteiger partial charge on any atom is 0.288 e. The molecular formula is C13H21N5O3. The van der Waals surface area contributed by atoms with Crippen LogP contribution < -0.4 is 11.1 Å². The minimum atomic E-state index is -0.612. The molecule has 0 aliphatic heterocycles. The van der Waals surface area contributed by atoms with E-state index in [1.807, 2.05) is 32.8 Å². The molecule has 1 amide bonds. The highest BCUT2D eigenvalue weighted by atomic mass is 16.6. The summed E-state index contributed by atoms with van der Waals surface area (Å²) in [5.74, 6) is -0.487. The number of nitrogens with one attached hydrogen (secondary N) is 1. The molecule has 0 aliphatic rings. The molecule has 0 aliphatic carbocycles. The smallest absolute Gasteiger partial charge is 0.288 e. The molecule has 0 bridgehead atoms. The predicted octanol–water partition coefficient (Wildman–Crippen LogP) is 0.890. The molecule has 0 spiro atoms. The fourth-order valence-electron chi connectivity index (χ4n) is 2.07. The Bertz CT molecular complexity index is 543. The molecule has 8 heteroatoms. The molecule has 1 heterocycles. The maximum absolute atomic E-state index is 12.1. The summed E-state index contributed by atoms with van der Waals surface area (Å²) < 4.78 is 0. The molecule has 0 saturated carbocycles. The Morgan fingerprint density at radius 1 is 1.52 bits per heavy atom. The molecule has 0 saturated heterocycles. The van der Waals surface area contributed by atoms with E-state index in [0.717, 1.165) is 18.8 Å². The van der Waals surface area contributed by atoms with Crippen molar-refractivity contribution < 1.29 is 9.72 Å². The predicted molar refractivity (Wildman–Crippen MR) is 80.0 cm³/mol. The van der Waals surface area contributed by atoms with Crippen molar-refractivity contribution in [1.82, 2.24) is 15.2 Å². The number of nitrogen functional groups attached to an aromatic ring is 1. The number of nitro groups is 1. The van der Waals surface area contributed by atoms with Gasteiger partial charge >= 0.3 is 0 Å². The van der Waals surface area contributed by atoms with Gasteiger partial charge in [0, 0.05) is 19.2 Å². The Balaban J connectivity index is 2.80. The van der Waals surface area contributed by atoms with Gasteiger partial charge in [-0.25, -0.2) is 4.98 Å². The second kappa shape index (κ2) is 6.49. The molecule has 21 heavy (non-hydrogen) atoms. The number of hydrogen-bond donors (Lipinski definition) is 2. The number of amides is 1. The van der Waals surface area contributed by atoms with Crippen molar-refractivity contribution in [3.8, 4) is 0 Å². The van der Waals surface area contributed by atoms with Crippen LogP contribution in [0, 0.1) is 15.5 Å². The second-order valence-electron chi connectivity index (χ2n) is 5.97. The fraction of sp³-hybridized carbons (Fsp3) is 0.538. The minimum Gasteiger partial charge on any atom is -0.383 e. The third kappa shape index (κ3) is 4.99. The van der Waals surface area contributed by atoms with Crippen molar-refractivity contribution in [2.75, 3.05) is 32.9 Å². The number of nitrogens with zero attached hydrogens (tertiary/aromatic N) is 3. The fourth-order valence-corrected chi connectivity index (χ4v) is 2.07. The Morgan fingerprint density at radius 2 is 2.14 bits per heavy atom. The molecule has 1 aromatic rings. The Labute approximate surface area is 123 Å². The molecule has 0 radical (unpaired) electrons. The van der Waals surface area contributed by atoms with Crippen molar-refractivity contribution in [3.63, 3.8) is 0 Å². The van der Waals surface area contributed by atoms with Gasteiger partial charge in [-0.3, -0.25) is 14.9 Å². The van der Waals surface area contributed by atoms with Crippen LogP contribution in [0.3, 0.4) is 0 Å². The van der Waals surface area contributed by atoms with Crippen molar-refractivity contribution in [2.24, 2.45) is 5.41 Å². The number of pyridine rings is 1. The zero-order valence-electron chi connectivity index (χ0n) is 12.7. The van der Waals surface area contributed by atoms with E-state index in [1.165, 1.54) is 0 Å². The van der Waals surface area contributed by atoms with E-state index >= 15 is 0 Å². The first-order valence-corrected chi connectivity index (χ1v) is 6.45. The third-order valence-corrected chi connectivity index (χ3v) is 2.83. The van der Waals surface area contributed by atoms with Crippen LogP contribution in [0.25, 0.3) is 0 Å². The quantitative estimate of drug-likeness (QED) is 0.595. The van der Waals surface area contributed by atoms with Crippen LogP contribution in [0.1, 0.15) is 24.2 Å². The van der Waals surface area contributed by atoms with Gasteiger partial charge in [0.1, 0.15) is 12.0 Å². The lowest BCUT2D eigenvalue weighted by Gasteiger charge is -2.28. The molecule has 1 aromatic heterocycles. The summed E-state index contributed by atoms with van der Waals surface area (Å²) in [5.41, 5.74) is 5.23. The lowest BCUT2D eigenvalue weighted by molar-refractivity contribution is -0.385. The highest BCUT2D eigenvalue weighted by Gasteiger charge is 2.22. The monoisotopic (exact) mass is 295 g/mol. The van der Waals surface area contributed by atoms with Gasteiger partial charge in [-0.2, -0.15) is 0 Å². The summed E-state index contributed by atoms with van der Waals surface area (Å²) in [6.07, 6.45) is 1.03. The summed E-state index contributed by atoms with van der Waals surface area (Å²) in [7, 11) is 3.90. The van der Waals surface area contributed by atoms with Gasteiger partial charge < -0.3 is 16.0 Å². The minimum absolute atomic E-state index is 0.0184. The molecule has 1 rings (SSSR count). The summed E-state index contributed by atoms with van der Waals surface area (Å²) in [6, 6.07) is 1.14. The summed E-state index contributed by atoms with van der Waals surface area (Å²) in [6.45, 7) is 5.24. The van der Waals surface area contributed by atoms with Crippen LogP contribution in [0.15, 0.2) is 12.3 Å². The van der Waals surface area contributed by atoms with E-state index in [9.17, 15) is 14.9 Å². The van der Waals surface area contributed by atoms with Crippen LogP contribution >= 0.6 is 0 Å². The highest BCUT2D eigenvalue weighted by Crippen LogP contribution is 2.18. The lowest BCUT2D eigenvalue weighted by Crippen LogP contribution is -2.40. The zero-order valence-corrected chi connectivity index (χ0v) is 12.7. The van der Waals surface area contributed by atoms with Gasteiger partial charge in [0.25, 0.3) is 11.6 Å². The standard InChI is InChI=1S/C13H21N5O3/c1-13(2,8-17(3)4)7-16-12(19)10-5-9(18(20)21)6-15-11(10)14/h5-6H,7-8H2,1-4H3,(H2,14,15)(H,16,19). The van der Waals surface area contributed by atoms with E-state index in [-0.39, 0.29) is 22.5 Å². The average molecular weight is 295 g/mol. The zero-order chi connectivity index (χ0) is 16.2. The van der Waals surface area contributed by atoms with Gasteiger partial charge in [-0.1, -0.05) is 13.8 Å². The highest BCUT2D eigenvalue weighted by molar-refractivity contribution is 5.98. The van der Waals surface area contributed by atoms with Crippen molar-refractivity contribution in [1.29, 1.82) is 0 Å². The first kappa shape index (κ1) is 16.8. The van der Waals surface area contributed by atoms with Crippen LogP contribution in [-0.2, 0) is 0 Å². The van der Waals surface area contributed by atoms with Gasteiger partial charge in [-0.15, -0.1) is 0 Å². The second-order valence-corrected chi connectivity index (χ2v) is 5.97. The number of nitrogens with two attached hydrogens (primary N) is 1. The van der Waals surface area contributed by atoms with Gasteiger partial charge in [0.15, 0.2) is 0 Å². The number of carbonyl (C=O) groups excluding carboxylic acids is 1. The lowest BCUT2D eigenvalue weighted by atomic mass is 9.93. The van der Waals surface area contributed by atoms with E-state index in [4.69, 9.17) is 5.73 Å². The first-order chi connectivity index (χ1) is 9.62. The largest absolute Gasteiger partial charge is 0.383 e. The number of rotatable bonds is 6. The molecule has 116 valence electrons. The maximum atomic E-state index is 12.1. The van der Waals surface area contributed by atoms with Crippen LogP contribution in [0.2, 0.25) is 0 Å².